The molecule has 0 aliphatic heterocycles. The molecule has 0 spiro atoms. The van der Waals surface area contributed by atoms with Crippen LogP contribution in [0.1, 0.15) is 34.1 Å². The Labute approximate surface area is 72.2 Å². The van der Waals surface area contributed by atoms with E-state index in [1.165, 1.54) is 6.42 Å². The Morgan fingerprint density at radius 1 is 1.18 bits per heavy atom. The second kappa shape index (κ2) is 3.20. The SMILES string of the molecule is [B]C1CC(C(C)C)C(C)C1C. The highest BCUT2D eigenvalue weighted by molar-refractivity contribution is 6.12. The molecular formula is C10H19B. The number of hydrogen-bond donors (Lipinski definition) is 0. The molecule has 1 heteroatoms. The molecule has 62 valence electrons. The predicted molar refractivity (Wildman–Crippen MR) is 50.8 cm³/mol. The van der Waals surface area contributed by atoms with Gasteiger partial charge < -0.3 is 0 Å². The molecule has 1 rings (SSSR count). The van der Waals surface area contributed by atoms with Gasteiger partial charge >= 0.3 is 0 Å². The molecule has 1 fully saturated rings. The van der Waals surface area contributed by atoms with Crippen LogP contribution in [0.3, 0.4) is 0 Å². The Morgan fingerprint density at radius 2 is 1.73 bits per heavy atom. The third kappa shape index (κ3) is 1.63. The van der Waals surface area contributed by atoms with E-state index < -0.39 is 0 Å². The van der Waals surface area contributed by atoms with Gasteiger partial charge in [-0.3, -0.25) is 0 Å². The summed E-state index contributed by atoms with van der Waals surface area (Å²) in [4.78, 5) is 0. The number of hydrogen-bond acceptors (Lipinski definition) is 0. The van der Waals surface area contributed by atoms with Crippen molar-refractivity contribution >= 4 is 7.85 Å². The molecule has 0 aromatic heterocycles. The van der Waals surface area contributed by atoms with Crippen LogP contribution in [0, 0.1) is 23.7 Å². The molecule has 0 amide bonds. The van der Waals surface area contributed by atoms with Crippen molar-refractivity contribution in [3.63, 3.8) is 0 Å². The van der Waals surface area contributed by atoms with Crippen LogP contribution in [0.2, 0.25) is 5.82 Å². The molecule has 0 saturated heterocycles. The van der Waals surface area contributed by atoms with Crippen LogP contribution in [0.15, 0.2) is 0 Å². The van der Waals surface area contributed by atoms with E-state index in [9.17, 15) is 0 Å². The summed E-state index contributed by atoms with van der Waals surface area (Å²) in [6.07, 6.45) is 1.24. The van der Waals surface area contributed by atoms with E-state index >= 15 is 0 Å². The average Bonchev–Trinajstić information content (AvgIpc) is 2.17. The van der Waals surface area contributed by atoms with Crippen LogP contribution in [0.5, 0.6) is 0 Å². The van der Waals surface area contributed by atoms with Gasteiger partial charge in [0.05, 0.1) is 7.85 Å². The lowest BCUT2D eigenvalue weighted by Crippen LogP contribution is -2.14. The van der Waals surface area contributed by atoms with Gasteiger partial charge in [-0.25, -0.2) is 0 Å². The smallest absolute Gasteiger partial charge is 0.0703 e. The highest BCUT2D eigenvalue weighted by Gasteiger charge is 2.35. The summed E-state index contributed by atoms with van der Waals surface area (Å²) in [7, 11) is 6.00. The Bertz CT molecular complexity index is 131. The molecule has 0 nitrogen and oxygen atoms in total. The second-order valence-corrected chi connectivity index (χ2v) is 4.53. The fourth-order valence-electron chi connectivity index (χ4n) is 2.40. The van der Waals surface area contributed by atoms with Gasteiger partial charge in [-0.05, 0) is 23.7 Å². The molecular weight excluding hydrogens is 131 g/mol. The van der Waals surface area contributed by atoms with Gasteiger partial charge in [0.2, 0.25) is 0 Å². The van der Waals surface area contributed by atoms with Crippen molar-refractivity contribution in [1.82, 2.24) is 0 Å². The lowest BCUT2D eigenvalue weighted by atomic mass is 9.78. The number of rotatable bonds is 1. The van der Waals surface area contributed by atoms with Crippen LogP contribution in [0.4, 0.5) is 0 Å². The maximum Gasteiger partial charge on any atom is 0.0703 e. The van der Waals surface area contributed by atoms with E-state index in [0.717, 1.165) is 23.7 Å². The van der Waals surface area contributed by atoms with E-state index in [1.807, 2.05) is 0 Å². The minimum atomic E-state index is 0.456. The zero-order valence-corrected chi connectivity index (χ0v) is 8.17. The molecule has 11 heavy (non-hydrogen) atoms. The highest BCUT2D eigenvalue weighted by atomic mass is 14.4. The lowest BCUT2D eigenvalue weighted by Gasteiger charge is -2.21. The van der Waals surface area contributed by atoms with E-state index in [1.54, 1.807) is 0 Å². The monoisotopic (exact) mass is 150 g/mol. The van der Waals surface area contributed by atoms with E-state index in [-0.39, 0.29) is 0 Å². The summed E-state index contributed by atoms with van der Waals surface area (Å²) in [6.45, 7) is 9.26. The van der Waals surface area contributed by atoms with Crippen molar-refractivity contribution in [3.8, 4) is 0 Å². The van der Waals surface area contributed by atoms with Crippen molar-refractivity contribution < 1.29 is 0 Å². The Hall–Kier alpha value is 0.0649. The summed E-state index contributed by atoms with van der Waals surface area (Å²) in [6, 6.07) is 0. The maximum atomic E-state index is 6.00. The first-order chi connectivity index (χ1) is 5.04. The second-order valence-electron chi connectivity index (χ2n) is 4.53. The molecule has 1 aliphatic carbocycles. The Morgan fingerprint density at radius 3 is 1.91 bits per heavy atom. The highest BCUT2D eigenvalue weighted by Crippen LogP contribution is 2.46. The largest absolute Gasteiger partial charge is 0.0743 e. The standard InChI is InChI=1S/C10H19B/c1-6(2)9-5-10(11)8(4)7(9)3/h6-10H,5H2,1-4H3. The predicted octanol–water partition coefficient (Wildman–Crippen LogP) is 2.89. The summed E-state index contributed by atoms with van der Waals surface area (Å²) in [5.74, 6) is 3.67. The molecule has 4 atom stereocenters. The maximum absolute atomic E-state index is 6.00. The first-order valence-electron chi connectivity index (χ1n) is 4.79. The minimum Gasteiger partial charge on any atom is -0.0743 e. The molecule has 1 saturated carbocycles. The molecule has 0 aromatic carbocycles. The molecule has 0 N–H and O–H groups in total. The summed E-state index contributed by atoms with van der Waals surface area (Å²) in [5, 5.41) is 0. The topological polar surface area (TPSA) is 0 Å². The zero-order chi connectivity index (χ0) is 8.59. The Balaban J connectivity index is 2.59. The van der Waals surface area contributed by atoms with Crippen LogP contribution in [0.25, 0.3) is 0 Å². The van der Waals surface area contributed by atoms with E-state index in [4.69, 9.17) is 7.85 Å². The summed E-state index contributed by atoms with van der Waals surface area (Å²) < 4.78 is 0. The van der Waals surface area contributed by atoms with Gasteiger partial charge in [-0.15, -0.1) is 0 Å². The van der Waals surface area contributed by atoms with Gasteiger partial charge in [0, 0.05) is 0 Å². The van der Waals surface area contributed by atoms with Crippen LogP contribution in [-0.2, 0) is 0 Å². The molecule has 2 radical (unpaired) electrons. The lowest BCUT2D eigenvalue weighted by molar-refractivity contribution is 0.282. The summed E-state index contributed by atoms with van der Waals surface area (Å²) in [5.41, 5.74) is 0. The third-order valence-electron chi connectivity index (χ3n) is 3.58. The molecule has 0 aromatic rings. The quantitative estimate of drug-likeness (QED) is 0.504. The summed E-state index contributed by atoms with van der Waals surface area (Å²) >= 11 is 0. The van der Waals surface area contributed by atoms with Crippen LogP contribution >= 0.6 is 0 Å². The van der Waals surface area contributed by atoms with E-state index in [0.29, 0.717) is 5.82 Å². The van der Waals surface area contributed by atoms with Crippen molar-refractivity contribution in [2.75, 3.05) is 0 Å². The fraction of sp³-hybridized carbons (Fsp3) is 1.00. The van der Waals surface area contributed by atoms with Gasteiger partial charge in [-0.2, -0.15) is 0 Å². The molecule has 0 bridgehead atoms. The molecule has 1 aliphatic rings. The normalized spacial score (nSPS) is 45.2. The van der Waals surface area contributed by atoms with Gasteiger partial charge in [-0.1, -0.05) is 39.9 Å². The molecule has 4 unspecified atom stereocenters. The van der Waals surface area contributed by atoms with Crippen molar-refractivity contribution in [2.45, 2.75) is 39.9 Å². The molecule has 0 heterocycles. The minimum absolute atomic E-state index is 0.456. The van der Waals surface area contributed by atoms with E-state index in [2.05, 4.69) is 27.7 Å². The van der Waals surface area contributed by atoms with Crippen molar-refractivity contribution in [3.05, 3.63) is 0 Å². The Kier molecular flexibility index (Phi) is 2.67. The first kappa shape index (κ1) is 9.16. The van der Waals surface area contributed by atoms with Gasteiger partial charge in [0.25, 0.3) is 0 Å². The first-order valence-corrected chi connectivity index (χ1v) is 4.79. The third-order valence-corrected chi connectivity index (χ3v) is 3.58. The van der Waals surface area contributed by atoms with Gasteiger partial charge in [0.15, 0.2) is 0 Å². The van der Waals surface area contributed by atoms with Crippen LogP contribution < -0.4 is 0 Å². The fourth-order valence-corrected chi connectivity index (χ4v) is 2.40. The van der Waals surface area contributed by atoms with Crippen molar-refractivity contribution in [1.29, 1.82) is 0 Å². The van der Waals surface area contributed by atoms with Gasteiger partial charge in [0.1, 0.15) is 0 Å². The van der Waals surface area contributed by atoms with Crippen LogP contribution in [-0.4, -0.2) is 7.85 Å². The zero-order valence-electron chi connectivity index (χ0n) is 8.17. The van der Waals surface area contributed by atoms with Crippen molar-refractivity contribution in [2.24, 2.45) is 23.7 Å². The average molecular weight is 150 g/mol.